The quantitative estimate of drug-likeness (QED) is 0.789. The number of ether oxygens (including phenoxy) is 2. The standard InChI is InChI=1S/C16H19NO3/c1-13-6-8-14(9-7-13)19-11-2-3-12-20-15-5-4-10-17-16(15)18/h4-10H,2-3,11-12H2,1H3,(H,17,18). The minimum atomic E-state index is -0.191. The maximum absolute atomic E-state index is 11.3. The van der Waals surface area contributed by atoms with E-state index in [1.165, 1.54) is 5.56 Å². The van der Waals surface area contributed by atoms with E-state index >= 15 is 0 Å². The van der Waals surface area contributed by atoms with Crippen LogP contribution < -0.4 is 15.0 Å². The van der Waals surface area contributed by atoms with Crippen LogP contribution in [0.3, 0.4) is 0 Å². The molecule has 106 valence electrons. The minimum absolute atomic E-state index is 0.191. The summed E-state index contributed by atoms with van der Waals surface area (Å²) in [5, 5.41) is 0. The Kier molecular flexibility index (Phi) is 5.24. The van der Waals surface area contributed by atoms with Crippen molar-refractivity contribution in [3.05, 3.63) is 58.5 Å². The van der Waals surface area contributed by atoms with Crippen molar-refractivity contribution in [2.75, 3.05) is 13.2 Å². The molecule has 0 saturated heterocycles. The number of rotatable bonds is 7. The lowest BCUT2D eigenvalue weighted by Gasteiger charge is -2.07. The first kappa shape index (κ1) is 14.2. The van der Waals surface area contributed by atoms with E-state index in [0.717, 1.165) is 18.6 Å². The molecule has 0 saturated carbocycles. The van der Waals surface area contributed by atoms with Crippen LogP contribution in [0.4, 0.5) is 0 Å². The van der Waals surface area contributed by atoms with E-state index in [1.807, 2.05) is 31.2 Å². The van der Waals surface area contributed by atoms with Gasteiger partial charge in [0.15, 0.2) is 5.75 Å². The lowest BCUT2D eigenvalue weighted by molar-refractivity contribution is 0.264. The van der Waals surface area contributed by atoms with Gasteiger partial charge >= 0.3 is 0 Å². The number of benzene rings is 1. The smallest absolute Gasteiger partial charge is 0.290 e. The average Bonchev–Trinajstić information content (AvgIpc) is 2.46. The SMILES string of the molecule is Cc1ccc(OCCCCOc2ccc[nH]c2=O)cc1. The van der Waals surface area contributed by atoms with Gasteiger partial charge in [-0.25, -0.2) is 0 Å². The molecule has 0 aliphatic rings. The summed E-state index contributed by atoms with van der Waals surface area (Å²) < 4.78 is 11.0. The van der Waals surface area contributed by atoms with Gasteiger partial charge in [0.05, 0.1) is 13.2 Å². The molecule has 0 aliphatic carbocycles. The Hall–Kier alpha value is -2.23. The molecule has 0 aliphatic heterocycles. The van der Waals surface area contributed by atoms with Gasteiger partial charge in [0.25, 0.3) is 5.56 Å². The summed E-state index contributed by atoms with van der Waals surface area (Å²) in [6, 6.07) is 11.4. The summed E-state index contributed by atoms with van der Waals surface area (Å²) in [4.78, 5) is 13.9. The lowest BCUT2D eigenvalue weighted by atomic mass is 10.2. The molecule has 1 heterocycles. The fourth-order valence-electron chi connectivity index (χ4n) is 1.73. The summed E-state index contributed by atoms with van der Waals surface area (Å²) >= 11 is 0. The Morgan fingerprint density at radius 2 is 1.70 bits per heavy atom. The zero-order valence-corrected chi connectivity index (χ0v) is 11.6. The molecule has 1 aromatic heterocycles. The zero-order chi connectivity index (χ0) is 14.2. The minimum Gasteiger partial charge on any atom is -0.494 e. The number of unbranched alkanes of at least 4 members (excludes halogenated alkanes) is 1. The Bertz CT molecular complexity index is 575. The molecule has 0 spiro atoms. The number of pyridine rings is 1. The molecule has 20 heavy (non-hydrogen) atoms. The van der Waals surface area contributed by atoms with Gasteiger partial charge in [0.1, 0.15) is 5.75 Å². The molecule has 0 atom stereocenters. The van der Waals surface area contributed by atoms with Gasteiger partial charge in [0.2, 0.25) is 0 Å². The summed E-state index contributed by atoms with van der Waals surface area (Å²) in [6.07, 6.45) is 3.32. The topological polar surface area (TPSA) is 51.3 Å². The van der Waals surface area contributed by atoms with Crippen molar-refractivity contribution in [1.82, 2.24) is 4.98 Å². The van der Waals surface area contributed by atoms with Gasteiger partial charge in [0, 0.05) is 6.20 Å². The van der Waals surface area contributed by atoms with Crippen LogP contribution in [0, 0.1) is 6.92 Å². The number of aromatic amines is 1. The highest BCUT2D eigenvalue weighted by atomic mass is 16.5. The van der Waals surface area contributed by atoms with E-state index in [0.29, 0.717) is 19.0 Å². The lowest BCUT2D eigenvalue weighted by Crippen LogP contribution is -2.11. The van der Waals surface area contributed by atoms with E-state index < -0.39 is 0 Å². The monoisotopic (exact) mass is 273 g/mol. The third-order valence-electron chi connectivity index (χ3n) is 2.87. The van der Waals surface area contributed by atoms with Crippen molar-refractivity contribution in [2.24, 2.45) is 0 Å². The van der Waals surface area contributed by atoms with Crippen molar-refractivity contribution >= 4 is 0 Å². The van der Waals surface area contributed by atoms with Gasteiger partial charge in [-0.2, -0.15) is 0 Å². The third kappa shape index (κ3) is 4.46. The average molecular weight is 273 g/mol. The fourth-order valence-corrected chi connectivity index (χ4v) is 1.73. The number of hydrogen-bond acceptors (Lipinski definition) is 3. The maximum atomic E-state index is 11.3. The zero-order valence-electron chi connectivity index (χ0n) is 11.6. The van der Waals surface area contributed by atoms with Gasteiger partial charge in [-0.3, -0.25) is 4.79 Å². The van der Waals surface area contributed by atoms with Crippen LogP contribution in [0.25, 0.3) is 0 Å². The molecule has 4 nitrogen and oxygen atoms in total. The molecule has 0 bridgehead atoms. The fraction of sp³-hybridized carbons (Fsp3) is 0.312. The van der Waals surface area contributed by atoms with Crippen molar-refractivity contribution in [2.45, 2.75) is 19.8 Å². The van der Waals surface area contributed by atoms with Crippen molar-refractivity contribution < 1.29 is 9.47 Å². The Balaban J connectivity index is 1.61. The van der Waals surface area contributed by atoms with Gasteiger partial charge < -0.3 is 14.5 Å². The maximum Gasteiger partial charge on any atom is 0.290 e. The molecule has 0 radical (unpaired) electrons. The summed E-state index contributed by atoms with van der Waals surface area (Å²) in [5.74, 6) is 1.25. The highest BCUT2D eigenvalue weighted by molar-refractivity contribution is 5.26. The first-order valence-corrected chi connectivity index (χ1v) is 6.76. The van der Waals surface area contributed by atoms with Crippen LogP contribution in [-0.2, 0) is 0 Å². The van der Waals surface area contributed by atoms with Gasteiger partial charge in [-0.1, -0.05) is 17.7 Å². The molecule has 1 N–H and O–H groups in total. The van der Waals surface area contributed by atoms with E-state index in [2.05, 4.69) is 4.98 Å². The van der Waals surface area contributed by atoms with E-state index in [-0.39, 0.29) is 5.56 Å². The van der Waals surface area contributed by atoms with Crippen LogP contribution in [-0.4, -0.2) is 18.2 Å². The first-order valence-electron chi connectivity index (χ1n) is 6.76. The molecule has 4 heteroatoms. The molecule has 2 rings (SSSR count). The Morgan fingerprint density at radius 3 is 2.40 bits per heavy atom. The van der Waals surface area contributed by atoms with E-state index in [1.54, 1.807) is 18.3 Å². The predicted molar refractivity (Wildman–Crippen MR) is 78.5 cm³/mol. The molecule has 2 aromatic rings. The second-order valence-corrected chi connectivity index (χ2v) is 4.58. The number of H-pyrrole nitrogens is 1. The number of aryl methyl sites for hydroxylation is 1. The summed E-state index contributed by atoms with van der Waals surface area (Å²) in [5.41, 5.74) is 1.03. The van der Waals surface area contributed by atoms with Crippen LogP contribution in [0.1, 0.15) is 18.4 Å². The molecule has 0 amide bonds. The van der Waals surface area contributed by atoms with Crippen LogP contribution in [0.5, 0.6) is 11.5 Å². The highest BCUT2D eigenvalue weighted by Gasteiger charge is 1.98. The normalized spacial score (nSPS) is 10.2. The summed E-state index contributed by atoms with van der Waals surface area (Å²) in [7, 11) is 0. The number of aromatic nitrogens is 1. The van der Waals surface area contributed by atoms with E-state index in [4.69, 9.17) is 9.47 Å². The molecular formula is C16H19NO3. The second-order valence-electron chi connectivity index (χ2n) is 4.58. The van der Waals surface area contributed by atoms with Crippen LogP contribution in [0.2, 0.25) is 0 Å². The second kappa shape index (κ2) is 7.38. The highest BCUT2D eigenvalue weighted by Crippen LogP contribution is 2.11. The largest absolute Gasteiger partial charge is 0.494 e. The number of nitrogens with one attached hydrogen (secondary N) is 1. The van der Waals surface area contributed by atoms with Crippen LogP contribution in [0.15, 0.2) is 47.4 Å². The van der Waals surface area contributed by atoms with Gasteiger partial charge in [-0.15, -0.1) is 0 Å². The number of hydrogen-bond donors (Lipinski definition) is 1. The van der Waals surface area contributed by atoms with Gasteiger partial charge in [-0.05, 0) is 44.0 Å². The molecular weight excluding hydrogens is 254 g/mol. The summed E-state index contributed by atoms with van der Waals surface area (Å²) in [6.45, 7) is 3.22. The van der Waals surface area contributed by atoms with Crippen molar-refractivity contribution in [3.8, 4) is 11.5 Å². The first-order chi connectivity index (χ1) is 9.75. The van der Waals surface area contributed by atoms with Crippen molar-refractivity contribution in [1.29, 1.82) is 0 Å². The molecule has 0 unspecified atom stereocenters. The Morgan fingerprint density at radius 1 is 1.00 bits per heavy atom. The predicted octanol–water partition coefficient (Wildman–Crippen LogP) is 2.92. The molecule has 1 aromatic carbocycles. The Labute approximate surface area is 118 Å². The molecule has 0 fully saturated rings. The van der Waals surface area contributed by atoms with Crippen molar-refractivity contribution in [3.63, 3.8) is 0 Å². The third-order valence-corrected chi connectivity index (χ3v) is 2.87. The van der Waals surface area contributed by atoms with E-state index in [9.17, 15) is 4.79 Å². The van der Waals surface area contributed by atoms with Crippen LogP contribution >= 0.6 is 0 Å².